The molecule has 0 aliphatic heterocycles. The van der Waals surface area contributed by atoms with Gasteiger partial charge in [-0.05, 0) is 35.4 Å². The lowest BCUT2D eigenvalue weighted by atomic mass is 10.1. The smallest absolute Gasteiger partial charge is 0.280 e. The SMILES string of the molecule is O=c1c2nnc3c(-c4ccc(F)cc4)cnn3c2ccn1Cc1cccnc1. The Kier molecular flexibility index (Phi) is 3.68. The highest BCUT2D eigenvalue weighted by atomic mass is 19.1. The largest absolute Gasteiger partial charge is 0.309 e. The molecule has 4 heterocycles. The molecule has 5 rings (SSSR count). The van der Waals surface area contributed by atoms with Crippen molar-refractivity contribution in [1.82, 2.24) is 29.4 Å². The zero-order chi connectivity index (χ0) is 19.1. The lowest BCUT2D eigenvalue weighted by Crippen LogP contribution is -2.22. The van der Waals surface area contributed by atoms with Gasteiger partial charge in [0.25, 0.3) is 5.56 Å². The van der Waals surface area contributed by atoms with Crippen LogP contribution in [0.25, 0.3) is 27.8 Å². The Morgan fingerprint density at radius 2 is 1.86 bits per heavy atom. The minimum Gasteiger partial charge on any atom is -0.309 e. The number of benzene rings is 1. The van der Waals surface area contributed by atoms with Gasteiger partial charge < -0.3 is 4.57 Å². The van der Waals surface area contributed by atoms with Crippen LogP contribution in [0.5, 0.6) is 0 Å². The van der Waals surface area contributed by atoms with Crippen molar-refractivity contribution in [2.24, 2.45) is 0 Å². The van der Waals surface area contributed by atoms with E-state index in [4.69, 9.17) is 0 Å². The highest BCUT2D eigenvalue weighted by Crippen LogP contribution is 2.24. The minimum absolute atomic E-state index is 0.229. The maximum Gasteiger partial charge on any atom is 0.280 e. The van der Waals surface area contributed by atoms with Crippen LogP contribution in [0.1, 0.15) is 5.56 Å². The number of fused-ring (bicyclic) bond motifs is 3. The molecule has 0 aliphatic rings. The molecule has 0 spiro atoms. The van der Waals surface area contributed by atoms with Gasteiger partial charge >= 0.3 is 0 Å². The third-order valence-electron chi connectivity index (χ3n) is 4.57. The topological polar surface area (TPSA) is 78.0 Å². The molecule has 4 aromatic heterocycles. The van der Waals surface area contributed by atoms with Crippen LogP contribution < -0.4 is 5.56 Å². The Morgan fingerprint density at radius 3 is 2.64 bits per heavy atom. The maximum absolute atomic E-state index is 13.2. The summed E-state index contributed by atoms with van der Waals surface area (Å²) >= 11 is 0. The van der Waals surface area contributed by atoms with Crippen molar-refractivity contribution in [3.8, 4) is 11.1 Å². The van der Waals surface area contributed by atoms with Crippen molar-refractivity contribution in [1.29, 1.82) is 0 Å². The van der Waals surface area contributed by atoms with Gasteiger partial charge in [-0.15, -0.1) is 10.2 Å². The molecular weight excluding hydrogens is 359 g/mol. The molecule has 136 valence electrons. The first kappa shape index (κ1) is 16.2. The number of rotatable bonds is 3. The number of halogens is 1. The molecule has 0 saturated carbocycles. The summed E-state index contributed by atoms with van der Waals surface area (Å²) in [6, 6.07) is 11.6. The molecule has 0 saturated heterocycles. The molecule has 0 amide bonds. The Balaban J connectivity index is 1.64. The first-order chi connectivity index (χ1) is 13.7. The van der Waals surface area contributed by atoms with E-state index in [0.29, 0.717) is 23.3 Å². The lowest BCUT2D eigenvalue weighted by molar-refractivity contribution is 0.628. The van der Waals surface area contributed by atoms with E-state index in [2.05, 4.69) is 20.3 Å². The quantitative estimate of drug-likeness (QED) is 0.487. The number of hydrogen-bond donors (Lipinski definition) is 0. The van der Waals surface area contributed by atoms with E-state index >= 15 is 0 Å². The summed E-state index contributed by atoms with van der Waals surface area (Å²) in [6.45, 7) is 0.391. The van der Waals surface area contributed by atoms with Gasteiger partial charge in [0.05, 0.1) is 12.7 Å². The van der Waals surface area contributed by atoms with Crippen LogP contribution in [0.4, 0.5) is 4.39 Å². The van der Waals surface area contributed by atoms with E-state index in [9.17, 15) is 9.18 Å². The highest BCUT2D eigenvalue weighted by Gasteiger charge is 2.14. The Hall–Kier alpha value is -3.94. The van der Waals surface area contributed by atoms with Crippen LogP contribution in [0.3, 0.4) is 0 Å². The standard InChI is InChI=1S/C20H13FN6O/c21-15-5-3-14(4-6-15)16-11-23-27-17-7-9-26(12-13-2-1-8-22-10-13)20(28)18(17)24-25-19(16)27/h1-11H,12H2. The van der Waals surface area contributed by atoms with Gasteiger partial charge in [-0.2, -0.15) is 5.10 Å². The monoisotopic (exact) mass is 372 g/mol. The molecule has 0 N–H and O–H groups in total. The van der Waals surface area contributed by atoms with Gasteiger partial charge in [-0.1, -0.05) is 18.2 Å². The lowest BCUT2D eigenvalue weighted by Gasteiger charge is -2.07. The Labute approximate surface area is 157 Å². The van der Waals surface area contributed by atoms with Crippen LogP contribution in [0, 0.1) is 5.82 Å². The summed E-state index contributed by atoms with van der Waals surface area (Å²) < 4.78 is 16.3. The van der Waals surface area contributed by atoms with Crippen molar-refractivity contribution in [3.63, 3.8) is 0 Å². The first-order valence-corrected chi connectivity index (χ1v) is 8.59. The van der Waals surface area contributed by atoms with E-state index < -0.39 is 0 Å². The van der Waals surface area contributed by atoms with Crippen molar-refractivity contribution < 1.29 is 4.39 Å². The minimum atomic E-state index is -0.314. The second-order valence-electron chi connectivity index (χ2n) is 6.34. The molecule has 0 bridgehead atoms. The predicted molar refractivity (Wildman–Crippen MR) is 101 cm³/mol. The predicted octanol–water partition coefficient (Wildman–Crippen LogP) is 2.69. The summed E-state index contributed by atoms with van der Waals surface area (Å²) in [5.41, 5.74) is 3.44. The van der Waals surface area contributed by atoms with E-state index in [1.54, 1.807) is 52.1 Å². The van der Waals surface area contributed by atoms with Crippen LogP contribution in [0.15, 0.2) is 72.0 Å². The molecule has 0 atom stereocenters. The zero-order valence-electron chi connectivity index (χ0n) is 14.5. The average Bonchev–Trinajstić information content (AvgIpc) is 3.16. The van der Waals surface area contributed by atoms with Gasteiger partial charge in [0, 0.05) is 24.2 Å². The summed E-state index contributed by atoms with van der Waals surface area (Å²) in [7, 11) is 0. The maximum atomic E-state index is 13.2. The molecule has 0 aliphatic carbocycles. The van der Waals surface area contributed by atoms with Crippen LogP contribution in [-0.4, -0.2) is 29.4 Å². The zero-order valence-corrected chi connectivity index (χ0v) is 14.5. The average molecular weight is 372 g/mol. The third-order valence-corrected chi connectivity index (χ3v) is 4.57. The normalized spacial score (nSPS) is 11.3. The number of aromatic nitrogens is 6. The number of pyridine rings is 2. The van der Waals surface area contributed by atoms with Gasteiger partial charge in [0.1, 0.15) is 11.3 Å². The summed E-state index contributed by atoms with van der Waals surface area (Å²) in [6.07, 6.45) is 6.75. The van der Waals surface area contributed by atoms with Crippen LogP contribution in [-0.2, 0) is 6.54 Å². The van der Waals surface area contributed by atoms with Crippen molar-refractivity contribution in [2.75, 3.05) is 0 Å². The molecule has 28 heavy (non-hydrogen) atoms. The van der Waals surface area contributed by atoms with Crippen molar-refractivity contribution >= 4 is 16.7 Å². The van der Waals surface area contributed by atoms with E-state index in [1.165, 1.54) is 12.1 Å². The summed E-state index contributed by atoms with van der Waals surface area (Å²) in [4.78, 5) is 16.9. The van der Waals surface area contributed by atoms with Crippen molar-refractivity contribution in [3.05, 3.63) is 89.0 Å². The summed E-state index contributed by atoms with van der Waals surface area (Å²) in [5.74, 6) is -0.314. The van der Waals surface area contributed by atoms with Crippen LogP contribution in [0.2, 0.25) is 0 Å². The molecular formula is C20H13FN6O. The first-order valence-electron chi connectivity index (χ1n) is 8.59. The summed E-state index contributed by atoms with van der Waals surface area (Å²) in [5, 5.41) is 12.7. The van der Waals surface area contributed by atoms with Gasteiger partial charge in [0.2, 0.25) is 0 Å². The third kappa shape index (κ3) is 2.62. The van der Waals surface area contributed by atoms with Gasteiger partial charge in [0.15, 0.2) is 11.2 Å². The molecule has 1 aromatic carbocycles. The molecule has 5 aromatic rings. The fourth-order valence-corrected chi connectivity index (χ4v) is 3.18. The molecule has 0 radical (unpaired) electrons. The molecule has 0 unspecified atom stereocenters. The fraction of sp³-hybridized carbons (Fsp3) is 0.0500. The highest BCUT2D eigenvalue weighted by molar-refractivity contribution is 5.82. The number of nitrogens with zero attached hydrogens (tertiary/aromatic N) is 6. The Bertz CT molecular complexity index is 1360. The van der Waals surface area contributed by atoms with Crippen LogP contribution >= 0.6 is 0 Å². The second-order valence-corrected chi connectivity index (χ2v) is 6.34. The second kappa shape index (κ2) is 6.34. The van der Waals surface area contributed by atoms with E-state index in [0.717, 1.165) is 11.1 Å². The molecule has 8 heteroatoms. The van der Waals surface area contributed by atoms with Gasteiger partial charge in [-0.3, -0.25) is 9.78 Å². The molecule has 7 nitrogen and oxygen atoms in total. The Morgan fingerprint density at radius 1 is 1.00 bits per heavy atom. The number of hydrogen-bond acceptors (Lipinski definition) is 5. The van der Waals surface area contributed by atoms with E-state index in [-0.39, 0.29) is 16.9 Å². The van der Waals surface area contributed by atoms with E-state index in [1.807, 2.05) is 12.1 Å². The van der Waals surface area contributed by atoms with Crippen molar-refractivity contribution in [2.45, 2.75) is 6.54 Å². The van der Waals surface area contributed by atoms with Gasteiger partial charge in [-0.25, -0.2) is 8.91 Å². The molecule has 0 fully saturated rings. The fourth-order valence-electron chi connectivity index (χ4n) is 3.18.